The first-order valence-electron chi connectivity index (χ1n) is 7.06. The minimum Gasteiger partial charge on any atom is -0.484 e. The van der Waals surface area contributed by atoms with E-state index < -0.39 is 0 Å². The number of likely N-dealkylation sites (tertiary alicyclic amines) is 1. The third kappa shape index (κ3) is 3.30. The number of ether oxygens (including phenoxy) is 1. The lowest BCUT2D eigenvalue weighted by Gasteiger charge is -2.38. The molecule has 1 fully saturated rings. The highest BCUT2D eigenvalue weighted by Gasteiger charge is 2.28. The van der Waals surface area contributed by atoms with Crippen molar-refractivity contribution in [3.8, 4) is 11.8 Å². The zero-order valence-electron chi connectivity index (χ0n) is 12.0. The number of piperidine rings is 1. The lowest BCUT2D eigenvalue weighted by atomic mass is 9.97. The maximum atomic E-state index is 12.3. The lowest BCUT2D eigenvalue weighted by molar-refractivity contribution is -0.139. The Bertz CT molecular complexity index is 511. The molecule has 0 aliphatic carbocycles. The summed E-state index contributed by atoms with van der Waals surface area (Å²) < 4.78 is 5.52. The summed E-state index contributed by atoms with van der Waals surface area (Å²) in [7, 11) is 0. The van der Waals surface area contributed by atoms with Crippen LogP contribution in [0.15, 0.2) is 24.3 Å². The molecule has 106 valence electrons. The first-order chi connectivity index (χ1) is 9.61. The lowest BCUT2D eigenvalue weighted by Crippen LogP contribution is -2.49. The van der Waals surface area contributed by atoms with E-state index >= 15 is 0 Å². The van der Waals surface area contributed by atoms with Crippen molar-refractivity contribution in [1.82, 2.24) is 4.90 Å². The minimum atomic E-state index is 0.0204. The molecule has 0 radical (unpaired) electrons. The maximum Gasteiger partial charge on any atom is 0.260 e. The number of benzene rings is 1. The molecule has 1 aliphatic heterocycles. The number of carbonyl (C=O) groups excluding carboxylic acids is 1. The second-order valence-corrected chi connectivity index (χ2v) is 5.36. The van der Waals surface area contributed by atoms with E-state index in [4.69, 9.17) is 10.00 Å². The van der Waals surface area contributed by atoms with Gasteiger partial charge in [-0.15, -0.1) is 0 Å². The average molecular weight is 272 g/mol. The van der Waals surface area contributed by atoms with Gasteiger partial charge in [0.1, 0.15) is 5.75 Å². The van der Waals surface area contributed by atoms with E-state index in [0.29, 0.717) is 11.3 Å². The Balaban J connectivity index is 1.96. The molecular weight excluding hydrogens is 252 g/mol. The fraction of sp³-hybridized carbons (Fsp3) is 0.500. The van der Waals surface area contributed by atoms with Crippen molar-refractivity contribution in [2.24, 2.45) is 0 Å². The fourth-order valence-corrected chi connectivity index (χ4v) is 2.79. The highest BCUT2D eigenvalue weighted by Crippen LogP contribution is 2.22. The summed E-state index contributed by atoms with van der Waals surface area (Å²) in [6.45, 7) is 4.21. The van der Waals surface area contributed by atoms with Gasteiger partial charge in [-0.1, -0.05) is 6.07 Å². The van der Waals surface area contributed by atoms with Crippen LogP contribution in [-0.4, -0.2) is 29.5 Å². The van der Waals surface area contributed by atoms with Gasteiger partial charge in [0.2, 0.25) is 0 Å². The van der Waals surface area contributed by atoms with Crippen LogP contribution in [0.4, 0.5) is 0 Å². The second-order valence-electron chi connectivity index (χ2n) is 5.36. The van der Waals surface area contributed by atoms with Gasteiger partial charge in [0.25, 0.3) is 5.91 Å². The summed E-state index contributed by atoms with van der Waals surface area (Å²) in [6, 6.07) is 9.49. The van der Waals surface area contributed by atoms with Crippen LogP contribution >= 0.6 is 0 Å². The van der Waals surface area contributed by atoms with Gasteiger partial charge < -0.3 is 9.64 Å². The van der Waals surface area contributed by atoms with Crippen molar-refractivity contribution in [2.45, 2.75) is 45.2 Å². The largest absolute Gasteiger partial charge is 0.484 e. The van der Waals surface area contributed by atoms with Gasteiger partial charge in [-0.2, -0.15) is 5.26 Å². The highest BCUT2D eigenvalue weighted by molar-refractivity contribution is 5.78. The Hall–Kier alpha value is -2.02. The average Bonchev–Trinajstić information content (AvgIpc) is 2.45. The van der Waals surface area contributed by atoms with Crippen molar-refractivity contribution in [3.63, 3.8) is 0 Å². The van der Waals surface area contributed by atoms with Gasteiger partial charge >= 0.3 is 0 Å². The van der Waals surface area contributed by atoms with E-state index in [9.17, 15) is 4.79 Å². The predicted octanol–water partition coefficient (Wildman–Crippen LogP) is 2.73. The molecule has 1 aromatic carbocycles. The second kappa shape index (κ2) is 6.42. The van der Waals surface area contributed by atoms with Crippen molar-refractivity contribution < 1.29 is 9.53 Å². The summed E-state index contributed by atoms with van der Waals surface area (Å²) in [5, 5.41) is 8.83. The molecule has 0 unspecified atom stereocenters. The van der Waals surface area contributed by atoms with E-state index in [1.54, 1.807) is 24.3 Å². The van der Waals surface area contributed by atoms with Crippen molar-refractivity contribution in [3.05, 3.63) is 29.8 Å². The minimum absolute atomic E-state index is 0.0204. The molecule has 4 nitrogen and oxygen atoms in total. The Morgan fingerprint density at radius 3 is 2.75 bits per heavy atom. The quantitative estimate of drug-likeness (QED) is 0.850. The van der Waals surface area contributed by atoms with Gasteiger partial charge in [0.05, 0.1) is 11.6 Å². The molecular formula is C16H20N2O2. The van der Waals surface area contributed by atoms with Crippen LogP contribution in [0.5, 0.6) is 5.75 Å². The zero-order valence-corrected chi connectivity index (χ0v) is 12.0. The molecule has 1 aliphatic rings. The van der Waals surface area contributed by atoms with Crippen LogP contribution in [0.1, 0.15) is 38.7 Å². The van der Waals surface area contributed by atoms with E-state index in [0.717, 1.165) is 12.8 Å². The van der Waals surface area contributed by atoms with Gasteiger partial charge in [0, 0.05) is 12.1 Å². The van der Waals surface area contributed by atoms with Crippen molar-refractivity contribution >= 4 is 5.91 Å². The summed E-state index contributed by atoms with van der Waals surface area (Å²) in [5.74, 6) is 0.585. The monoisotopic (exact) mass is 272 g/mol. The van der Waals surface area contributed by atoms with E-state index in [2.05, 4.69) is 19.9 Å². The van der Waals surface area contributed by atoms with Crippen molar-refractivity contribution in [1.29, 1.82) is 5.26 Å². The van der Waals surface area contributed by atoms with Crippen LogP contribution < -0.4 is 4.74 Å². The summed E-state index contributed by atoms with van der Waals surface area (Å²) in [6.07, 6.45) is 3.29. The third-order valence-corrected chi connectivity index (χ3v) is 3.81. The van der Waals surface area contributed by atoms with Gasteiger partial charge in [0.15, 0.2) is 6.61 Å². The predicted molar refractivity (Wildman–Crippen MR) is 76.3 cm³/mol. The van der Waals surface area contributed by atoms with Crippen molar-refractivity contribution in [2.75, 3.05) is 6.61 Å². The van der Waals surface area contributed by atoms with Gasteiger partial charge in [-0.05, 0) is 51.3 Å². The Kier molecular flexibility index (Phi) is 4.62. The SMILES string of the molecule is C[C@H]1CCC[C@H](C)N1C(=O)COc1cccc(C#N)c1. The molecule has 0 aromatic heterocycles. The topological polar surface area (TPSA) is 53.3 Å². The molecule has 1 aromatic rings. The summed E-state index contributed by atoms with van der Waals surface area (Å²) >= 11 is 0. The summed E-state index contributed by atoms with van der Waals surface area (Å²) in [4.78, 5) is 14.2. The number of nitrogens with zero attached hydrogens (tertiary/aromatic N) is 2. The van der Waals surface area contributed by atoms with E-state index in [1.807, 2.05) is 4.90 Å². The Morgan fingerprint density at radius 1 is 1.40 bits per heavy atom. The van der Waals surface area contributed by atoms with Gasteiger partial charge in [-0.3, -0.25) is 4.79 Å². The molecule has 1 amide bonds. The molecule has 0 saturated carbocycles. The fourth-order valence-electron chi connectivity index (χ4n) is 2.79. The number of hydrogen-bond donors (Lipinski definition) is 0. The van der Waals surface area contributed by atoms with E-state index in [-0.39, 0.29) is 24.6 Å². The molecule has 0 bridgehead atoms. The zero-order chi connectivity index (χ0) is 14.5. The third-order valence-electron chi connectivity index (χ3n) is 3.81. The maximum absolute atomic E-state index is 12.3. The molecule has 2 atom stereocenters. The first kappa shape index (κ1) is 14.4. The van der Waals surface area contributed by atoms with Crippen LogP contribution in [0.3, 0.4) is 0 Å². The smallest absolute Gasteiger partial charge is 0.260 e. The number of rotatable bonds is 3. The molecule has 1 saturated heterocycles. The molecule has 2 rings (SSSR count). The molecule has 4 heteroatoms. The Labute approximate surface area is 120 Å². The molecule has 20 heavy (non-hydrogen) atoms. The number of nitriles is 1. The summed E-state index contributed by atoms with van der Waals surface area (Å²) in [5.41, 5.74) is 0.537. The van der Waals surface area contributed by atoms with Crippen LogP contribution in [0.2, 0.25) is 0 Å². The van der Waals surface area contributed by atoms with Crippen LogP contribution in [0.25, 0.3) is 0 Å². The number of carbonyl (C=O) groups is 1. The molecule has 0 N–H and O–H groups in total. The normalized spacial score (nSPS) is 22.1. The van der Waals surface area contributed by atoms with Crippen LogP contribution in [-0.2, 0) is 4.79 Å². The van der Waals surface area contributed by atoms with E-state index in [1.165, 1.54) is 6.42 Å². The highest BCUT2D eigenvalue weighted by atomic mass is 16.5. The standard InChI is InChI=1S/C16H20N2O2/c1-12-5-3-6-13(2)18(12)16(19)11-20-15-8-4-7-14(9-15)10-17/h4,7-9,12-13H,3,5-6,11H2,1-2H3/t12-,13-/m0/s1. The molecule has 1 heterocycles. The van der Waals surface area contributed by atoms with Crippen LogP contribution in [0, 0.1) is 11.3 Å². The number of hydrogen-bond acceptors (Lipinski definition) is 3. The number of amides is 1. The first-order valence-corrected chi connectivity index (χ1v) is 7.06. The van der Waals surface area contributed by atoms with Gasteiger partial charge in [-0.25, -0.2) is 0 Å². The molecule has 0 spiro atoms. The Morgan fingerprint density at radius 2 is 2.10 bits per heavy atom.